The largest absolute Gasteiger partial charge is 0.347 e. The van der Waals surface area contributed by atoms with Gasteiger partial charge < -0.3 is 9.84 Å². The lowest BCUT2D eigenvalue weighted by atomic mass is 10.1. The maximum Gasteiger partial charge on any atom is 0.261 e. The molecular formula is C19H16N4O4S. The molecule has 1 aromatic carbocycles. The predicted octanol–water partition coefficient (Wildman–Crippen LogP) is 2.49. The van der Waals surface area contributed by atoms with Crippen LogP contribution in [-0.4, -0.2) is 39.3 Å². The Bertz CT molecular complexity index is 993. The first kappa shape index (κ1) is 18.1. The van der Waals surface area contributed by atoms with Crippen molar-refractivity contribution in [2.24, 2.45) is 0 Å². The third kappa shape index (κ3) is 3.56. The zero-order valence-electron chi connectivity index (χ0n) is 14.8. The number of hydrogen-bond donors (Lipinski definition) is 1. The molecule has 1 aliphatic rings. The molecule has 0 radical (unpaired) electrons. The van der Waals surface area contributed by atoms with Crippen molar-refractivity contribution >= 4 is 29.1 Å². The topological polar surface area (TPSA) is 105 Å². The van der Waals surface area contributed by atoms with Crippen LogP contribution in [0.5, 0.6) is 0 Å². The minimum Gasteiger partial charge on any atom is -0.347 e. The van der Waals surface area contributed by atoms with Crippen LogP contribution in [0.4, 0.5) is 0 Å². The van der Waals surface area contributed by atoms with Crippen LogP contribution < -0.4 is 5.32 Å². The fraction of sp³-hybridized carbons (Fsp3) is 0.211. The number of aromatic nitrogens is 2. The Kier molecular flexibility index (Phi) is 4.98. The highest BCUT2D eigenvalue weighted by Gasteiger charge is 2.34. The molecule has 2 aromatic heterocycles. The molecule has 3 heterocycles. The maximum absolute atomic E-state index is 12.3. The number of nitrogens with one attached hydrogen (secondary N) is 1. The van der Waals surface area contributed by atoms with E-state index in [2.05, 4.69) is 15.5 Å². The number of fused-ring (bicyclic) bond motifs is 1. The maximum atomic E-state index is 12.3. The van der Waals surface area contributed by atoms with Crippen LogP contribution in [0, 0.1) is 0 Å². The fourth-order valence-electron chi connectivity index (χ4n) is 2.94. The standard InChI is InChI=1S/C19H16N4O4S/c24-15(20-11-16-21-17(22-27-16)14-7-4-10-28-14)8-3-9-23-18(25)12-5-1-2-6-13(12)19(23)26/h1-2,4-7,10H,3,8-9,11H2,(H,20,24). The van der Waals surface area contributed by atoms with Gasteiger partial charge in [-0.3, -0.25) is 19.3 Å². The molecule has 1 aliphatic heterocycles. The molecule has 28 heavy (non-hydrogen) atoms. The summed E-state index contributed by atoms with van der Waals surface area (Å²) in [5.41, 5.74) is 0.824. The van der Waals surface area contributed by atoms with Crippen LogP contribution >= 0.6 is 11.3 Å². The Morgan fingerprint density at radius 1 is 1.11 bits per heavy atom. The molecule has 3 amide bonds. The molecule has 0 aliphatic carbocycles. The van der Waals surface area contributed by atoms with E-state index in [1.165, 1.54) is 16.2 Å². The van der Waals surface area contributed by atoms with E-state index in [9.17, 15) is 14.4 Å². The van der Waals surface area contributed by atoms with Crippen molar-refractivity contribution in [1.82, 2.24) is 20.4 Å². The highest BCUT2D eigenvalue weighted by Crippen LogP contribution is 2.23. The van der Waals surface area contributed by atoms with E-state index < -0.39 is 0 Å². The lowest BCUT2D eigenvalue weighted by Gasteiger charge is -2.13. The molecule has 0 bridgehead atoms. The van der Waals surface area contributed by atoms with E-state index in [-0.39, 0.29) is 37.2 Å². The van der Waals surface area contributed by atoms with E-state index in [1.54, 1.807) is 24.3 Å². The van der Waals surface area contributed by atoms with Crippen molar-refractivity contribution in [1.29, 1.82) is 0 Å². The van der Waals surface area contributed by atoms with Gasteiger partial charge in [0.2, 0.25) is 17.6 Å². The summed E-state index contributed by atoms with van der Waals surface area (Å²) in [5.74, 6) is -0.0320. The quantitative estimate of drug-likeness (QED) is 0.615. The van der Waals surface area contributed by atoms with E-state index in [0.29, 0.717) is 29.3 Å². The highest BCUT2D eigenvalue weighted by molar-refractivity contribution is 7.13. The lowest BCUT2D eigenvalue weighted by Crippen LogP contribution is -2.32. The zero-order valence-corrected chi connectivity index (χ0v) is 15.6. The number of rotatable bonds is 7. The second-order valence-corrected chi connectivity index (χ2v) is 7.12. The SMILES string of the molecule is O=C(CCCN1C(=O)c2ccccc2C1=O)NCc1nc(-c2cccs2)no1. The molecule has 3 aromatic rings. The summed E-state index contributed by atoms with van der Waals surface area (Å²) in [7, 11) is 0. The van der Waals surface area contributed by atoms with Crippen molar-refractivity contribution < 1.29 is 18.9 Å². The molecule has 0 fully saturated rings. The van der Waals surface area contributed by atoms with Crippen molar-refractivity contribution in [3.63, 3.8) is 0 Å². The molecule has 0 saturated heterocycles. The zero-order chi connectivity index (χ0) is 19.5. The third-order valence-electron chi connectivity index (χ3n) is 4.31. The fourth-order valence-corrected chi connectivity index (χ4v) is 3.58. The van der Waals surface area contributed by atoms with Gasteiger partial charge in [0.15, 0.2) is 0 Å². The molecule has 1 N–H and O–H groups in total. The lowest BCUT2D eigenvalue weighted by molar-refractivity contribution is -0.121. The van der Waals surface area contributed by atoms with Gasteiger partial charge in [-0.15, -0.1) is 11.3 Å². The minimum atomic E-state index is -0.312. The normalized spacial score (nSPS) is 13.1. The van der Waals surface area contributed by atoms with Gasteiger partial charge in [-0.2, -0.15) is 4.98 Å². The summed E-state index contributed by atoms with van der Waals surface area (Å²) in [6.45, 7) is 0.326. The number of imide groups is 1. The molecule has 4 rings (SSSR count). The van der Waals surface area contributed by atoms with Crippen LogP contribution in [0.25, 0.3) is 10.7 Å². The summed E-state index contributed by atoms with van der Waals surface area (Å²) in [5, 5.41) is 8.50. The number of nitrogens with zero attached hydrogens (tertiary/aromatic N) is 3. The second-order valence-electron chi connectivity index (χ2n) is 6.18. The number of hydrogen-bond acceptors (Lipinski definition) is 7. The highest BCUT2D eigenvalue weighted by atomic mass is 32.1. The monoisotopic (exact) mass is 396 g/mol. The van der Waals surface area contributed by atoms with Crippen molar-refractivity contribution in [3.05, 3.63) is 58.8 Å². The van der Waals surface area contributed by atoms with E-state index in [1.807, 2.05) is 17.5 Å². The van der Waals surface area contributed by atoms with Crippen LogP contribution in [0.15, 0.2) is 46.3 Å². The Morgan fingerprint density at radius 3 is 2.54 bits per heavy atom. The summed E-state index contributed by atoms with van der Waals surface area (Å²) in [6, 6.07) is 10.5. The van der Waals surface area contributed by atoms with Gasteiger partial charge in [0.25, 0.3) is 11.8 Å². The number of amides is 3. The third-order valence-corrected chi connectivity index (χ3v) is 5.18. The van der Waals surface area contributed by atoms with Crippen molar-refractivity contribution in [3.8, 4) is 10.7 Å². The van der Waals surface area contributed by atoms with E-state index in [0.717, 1.165) is 4.88 Å². The summed E-state index contributed by atoms with van der Waals surface area (Å²) >= 11 is 1.50. The van der Waals surface area contributed by atoms with Crippen LogP contribution in [-0.2, 0) is 11.3 Å². The number of carbonyl (C=O) groups is 3. The van der Waals surface area contributed by atoms with Gasteiger partial charge in [0, 0.05) is 13.0 Å². The average Bonchev–Trinajstić information content (AvgIpc) is 3.44. The van der Waals surface area contributed by atoms with Gasteiger partial charge in [-0.25, -0.2) is 0 Å². The number of thiophene rings is 1. The summed E-state index contributed by atoms with van der Waals surface area (Å²) in [6.07, 6.45) is 0.556. The van der Waals surface area contributed by atoms with Crippen LogP contribution in [0.1, 0.15) is 39.4 Å². The average molecular weight is 396 g/mol. The predicted molar refractivity (Wildman–Crippen MR) is 101 cm³/mol. The second kappa shape index (κ2) is 7.73. The summed E-state index contributed by atoms with van der Waals surface area (Å²) < 4.78 is 5.12. The van der Waals surface area contributed by atoms with Gasteiger partial charge in [-0.1, -0.05) is 23.4 Å². The molecule has 9 heteroatoms. The Labute approximate surface area is 164 Å². The molecule has 8 nitrogen and oxygen atoms in total. The number of carbonyl (C=O) groups excluding carboxylic acids is 3. The van der Waals surface area contributed by atoms with Crippen LogP contribution in [0.2, 0.25) is 0 Å². The van der Waals surface area contributed by atoms with E-state index >= 15 is 0 Å². The van der Waals surface area contributed by atoms with Gasteiger partial charge in [-0.05, 0) is 30.0 Å². The van der Waals surface area contributed by atoms with E-state index in [4.69, 9.17) is 4.52 Å². The first-order valence-corrected chi connectivity index (χ1v) is 9.60. The first-order chi connectivity index (χ1) is 13.6. The molecule has 0 saturated carbocycles. The van der Waals surface area contributed by atoms with Crippen molar-refractivity contribution in [2.45, 2.75) is 19.4 Å². The van der Waals surface area contributed by atoms with Gasteiger partial charge >= 0.3 is 0 Å². The van der Waals surface area contributed by atoms with Gasteiger partial charge in [0.1, 0.15) is 0 Å². The summed E-state index contributed by atoms with van der Waals surface area (Å²) in [4.78, 5) is 42.9. The Balaban J connectivity index is 1.24. The van der Waals surface area contributed by atoms with Gasteiger partial charge in [0.05, 0.1) is 22.5 Å². The molecule has 0 spiro atoms. The molecule has 0 atom stereocenters. The smallest absolute Gasteiger partial charge is 0.261 e. The van der Waals surface area contributed by atoms with Crippen LogP contribution in [0.3, 0.4) is 0 Å². The first-order valence-electron chi connectivity index (χ1n) is 8.72. The molecule has 142 valence electrons. The van der Waals surface area contributed by atoms with Crippen molar-refractivity contribution in [2.75, 3.05) is 6.54 Å². The molecular weight excluding hydrogens is 380 g/mol. The minimum absolute atomic E-state index is 0.129. The number of benzene rings is 1. The Hall–Kier alpha value is -3.33. The Morgan fingerprint density at radius 2 is 1.86 bits per heavy atom. The molecule has 0 unspecified atom stereocenters.